The van der Waals surface area contributed by atoms with Crippen LogP contribution < -0.4 is 4.74 Å². The van der Waals surface area contributed by atoms with Gasteiger partial charge in [-0.2, -0.15) is 0 Å². The van der Waals surface area contributed by atoms with Gasteiger partial charge in [-0.3, -0.25) is 0 Å². The van der Waals surface area contributed by atoms with E-state index in [9.17, 15) is 0 Å². The summed E-state index contributed by atoms with van der Waals surface area (Å²) in [5.74, 6) is 0.869. The molecule has 1 aromatic carbocycles. The molecule has 0 N–H and O–H groups in total. The highest BCUT2D eigenvalue weighted by atomic mass is 32.2. The first-order valence-corrected chi connectivity index (χ1v) is 5.34. The van der Waals surface area contributed by atoms with Crippen molar-refractivity contribution in [3.05, 3.63) is 48.7 Å². The smallest absolute Gasteiger partial charge is 0.118 e. The fourth-order valence-electron chi connectivity index (χ4n) is 1.13. The zero-order valence-corrected chi connectivity index (χ0v) is 9.12. The fraction of sp³-hybridized carbons (Fsp3) is 0.0833. The van der Waals surface area contributed by atoms with Gasteiger partial charge in [-0.15, -0.1) is 0 Å². The third kappa shape index (κ3) is 2.73. The van der Waals surface area contributed by atoms with Crippen molar-refractivity contribution in [1.29, 1.82) is 0 Å². The van der Waals surface area contributed by atoms with Crippen LogP contribution in [0, 0.1) is 6.07 Å². The molecule has 3 heteroatoms. The molecule has 75 valence electrons. The molecule has 0 fully saturated rings. The van der Waals surface area contributed by atoms with Crippen LogP contribution >= 0.6 is 11.8 Å². The van der Waals surface area contributed by atoms with Crippen LogP contribution in [0.4, 0.5) is 0 Å². The Balaban J connectivity index is 2.11. The quantitative estimate of drug-likeness (QED) is 0.787. The number of methoxy groups -OCH3 is 1. The molecule has 0 spiro atoms. The Hall–Kier alpha value is -1.48. The van der Waals surface area contributed by atoms with E-state index in [1.807, 2.05) is 36.4 Å². The molecule has 1 aromatic heterocycles. The number of benzene rings is 1. The van der Waals surface area contributed by atoms with Crippen molar-refractivity contribution in [3.63, 3.8) is 0 Å². The number of hydrogen-bond donors (Lipinski definition) is 0. The van der Waals surface area contributed by atoms with Crippen molar-refractivity contribution >= 4 is 11.8 Å². The topological polar surface area (TPSA) is 22.1 Å². The van der Waals surface area contributed by atoms with Crippen LogP contribution in [0.2, 0.25) is 0 Å². The normalized spacial score (nSPS) is 9.93. The molecule has 2 aromatic rings. The molecule has 2 rings (SSSR count). The molecule has 0 bridgehead atoms. The summed E-state index contributed by atoms with van der Waals surface area (Å²) in [6.07, 6.45) is 1.67. The number of aromatic nitrogens is 1. The highest BCUT2D eigenvalue weighted by molar-refractivity contribution is 7.99. The Morgan fingerprint density at radius 1 is 1.20 bits per heavy atom. The molecule has 0 amide bonds. The van der Waals surface area contributed by atoms with Gasteiger partial charge in [0.15, 0.2) is 0 Å². The molecule has 0 saturated carbocycles. The number of nitrogens with zero attached hydrogens (tertiary/aromatic N) is 1. The summed E-state index contributed by atoms with van der Waals surface area (Å²) in [6.45, 7) is 0. The first-order chi connectivity index (χ1) is 7.38. The second kappa shape index (κ2) is 4.84. The molecule has 1 heterocycles. The molecule has 0 aliphatic carbocycles. The number of pyridine rings is 1. The van der Waals surface area contributed by atoms with E-state index in [0.717, 1.165) is 15.7 Å². The van der Waals surface area contributed by atoms with E-state index in [4.69, 9.17) is 4.74 Å². The van der Waals surface area contributed by atoms with Crippen molar-refractivity contribution < 1.29 is 4.74 Å². The Labute approximate surface area is 93.3 Å². The molecule has 15 heavy (non-hydrogen) atoms. The van der Waals surface area contributed by atoms with E-state index in [-0.39, 0.29) is 0 Å². The third-order valence-corrected chi connectivity index (χ3v) is 2.83. The van der Waals surface area contributed by atoms with Crippen LogP contribution in [-0.2, 0) is 0 Å². The summed E-state index contributed by atoms with van der Waals surface area (Å²) in [5.41, 5.74) is 0. The zero-order valence-electron chi connectivity index (χ0n) is 8.31. The summed E-state index contributed by atoms with van der Waals surface area (Å²) in [5, 5.41) is 0.971. The van der Waals surface area contributed by atoms with Gasteiger partial charge in [0.05, 0.1) is 7.11 Å². The van der Waals surface area contributed by atoms with Crippen molar-refractivity contribution in [2.45, 2.75) is 9.92 Å². The minimum Gasteiger partial charge on any atom is -0.497 e. The summed E-state index contributed by atoms with van der Waals surface area (Å²) in [6, 6.07) is 14.6. The second-order valence-corrected chi connectivity index (χ2v) is 3.97. The highest BCUT2D eigenvalue weighted by Gasteiger charge is 1.97. The number of hydrogen-bond acceptors (Lipinski definition) is 3. The molecular weight excluding hydrogens is 206 g/mol. The van der Waals surface area contributed by atoms with E-state index < -0.39 is 0 Å². The van der Waals surface area contributed by atoms with Crippen molar-refractivity contribution in [3.8, 4) is 5.75 Å². The maximum absolute atomic E-state index is 5.09. The summed E-state index contributed by atoms with van der Waals surface area (Å²) < 4.78 is 5.09. The van der Waals surface area contributed by atoms with Gasteiger partial charge >= 0.3 is 0 Å². The predicted octanol–water partition coefficient (Wildman–Crippen LogP) is 3.04. The van der Waals surface area contributed by atoms with Crippen LogP contribution in [-0.4, -0.2) is 12.1 Å². The molecule has 0 unspecified atom stereocenters. The van der Waals surface area contributed by atoms with Crippen LogP contribution in [0.5, 0.6) is 5.75 Å². The van der Waals surface area contributed by atoms with Gasteiger partial charge in [-0.25, -0.2) is 4.98 Å². The highest BCUT2D eigenvalue weighted by Crippen LogP contribution is 2.26. The zero-order chi connectivity index (χ0) is 10.5. The molecule has 0 aliphatic rings. The van der Waals surface area contributed by atoms with Gasteiger partial charge in [0, 0.05) is 17.2 Å². The van der Waals surface area contributed by atoms with Gasteiger partial charge in [-0.1, -0.05) is 17.8 Å². The summed E-state index contributed by atoms with van der Waals surface area (Å²) >= 11 is 1.62. The Morgan fingerprint density at radius 3 is 2.60 bits per heavy atom. The number of ether oxygens (including phenoxy) is 1. The van der Waals surface area contributed by atoms with Crippen molar-refractivity contribution in [2.24, 2.45) is 0 Å². The summed E-state index contributed by atoms with van der Waals surface area (Å²) in [7, 11) is 1.66. The molecule has 0 atom stereocenters. The fourth-order valence-corrected chi connectivity index (χ4v) is 1.89. The Bertz CT molecular complexity index is 413. The lowest BCUT2D eigenvalue weighted by Gasteiger charge is -2.02. The van der Waals surface area contributed by atoms with E-state index in [1.54, 1.807) is 25.1 Å². The SMILES string of the molecule is COc1ccc(Sc2cc[c]cn2)cc1. The van der Waals surface area contributed by atoms with E-state index in [0.29, 0.717) is 0 Å². The van der Waals surface area contributed by atoms with E-state index in [1.165, 1.54) is 0 Å². The van der Waals surface area contributed by atoms with E-state index >= 15 is 0 Å². The maximum atomic E-state index is 5.09. The largest absolute Gasteiger partial charge is 0.497 e. The standard InChI is InChI=1S/C12H10NOS/c1-14-10-5-7-11(8-6-10)15-12-4-2-3-9-13-12/h2,4-9H,1H3. The van der Waals surface area contributed by atoms with E-state index in [2.05, 4.69) is 11.1 Å². The van der Waals surface area contributed by atoms with Crippen LogP contribution in [0.3, 0.4) is 0 Å². The lowest BCUT2D eigenvalue weighted by atomic mass is 10.3. The molecule has 2 nitrogen and oxygen atoms in total. The molecule has 1 radical (unpaired) electrons. The number of rotatable bonds is 3. The minimum absolute atomic E-state index is 0.869. The van der Waals surface area contributed by atoms with Crippen molar-refractivity contribution in [2.75, 3.05) is 7.11 Å². The minimum atomic E-state index is 0.869. The first-order valence-electron chi connectivity index (χ1n) is 4.52. The van der Waals surface area contributed by atoms with Crippen molar-refractivity contribution in [1.82, 2.24) is 4.98 Å². The van der Waals surface area contributed by atoms with Gasteiger partial charge in [0.25, 0.3) is 0 Å². The van der Waals surface area contributed by atoms with Gasteiger partial charge in [0.1, 0.15) is 10.8 Å². The Morgan fingerprint density at radius 2 is 2.00 bits per heavy atom. The van der Waals surface area contributed by atoms with Crippen LogP contribution in [0.25, 0.3) is 0 Å². The monoisotopic (exact) mass is 216 g/mol. The summed E-state index contributed by atoms with van der Waals surface area (Å²) in [4.78, 5) is 5.34. The third-order valence-electron chi connectivity index (χ3n) is 1.87. The van der Waals surface area contributed by atoms with Gasteiger partial charge in [-0.05, 0) is 30.3 Å². The lowest BCUT2D eigenvalue weighted by Crippen LogP contribution is -1.82. The van der Waals surface area contributed by atoms with Gasteiger partial charge in [0.2, 0.25) is 0 Å². The lowest BCUT2D eigenvalue weighted by molar-refractivity contribution is 0.414. The van der Waals surface area contributed by atoms with Crippen LogP contribution in [0.1, 0.15) is 0 Å². The van der Waals surface area contributed by atoms with Gasteiger partial charge < -0.3 is 4.74 Å². The molecule has 0 saturated heterocycles. The predicted molar refractivity (Wildman–Crippen MR) is 60.2 cm³/mol. The second-order valence-electron chi connectivity index (χ2n) is 2.87. The van der Waals surface area contributed by atoms with Crippen LogP contribution in [0.15, 0.2) is 52.5 Å². The molecular formula is C12H10NOS. The average molecular weight is 216 g/mol. The molecule has 0 aliphatic heterocycles. The maximum Gasteiger partial charge on any atom is 0.118 e. The first kappa shape index (κ1) is 10.1. The average Bonchev–Trinajstić information content (AvgIpc) is 2.31. The Kier molecular flexibility index (Phi) is 3.25.